The summed E-state index contributed by atoms with van der Waals surface area (Å²) in [5.74, 6) is 0.841. The molecule has 2 heterocycles. The molecular weight excluding hydrogens is 407 g/mol. The van der Waals surface area contributed by atoms with Crippen molar-refractivity contribution in [1.29, 1.82) is 0 Å². The van der Waals surface area contributed by atoms with Crippen molar-refractivity contribution in [3.05, 3.63) is 64.9 Å². The number of H-pyrrole nitrogens is 1. The summed E-state index contributed by atoms with van der Waals surface area (Å²) in [5.41, 5.74) is 2.28. The molecule has 1 aliphatic rings. The van der Waals surface area contributed by atoms with Crippen LogP contribution in [0.4, 0.5) is 10.2 Å². The highest BCUT2D eigenvalue weighted by Crippen LogP contribution is 2.26. The molecule has 1 amide bonds. The Bertz CT molecular complexity index is 1040. The van der Waals surface area contributed by atoms with Crippen molar-refractivity contribution in [3.63, 3.8) is 0 Å². The zero-order valence-electron chi connectivity index (χ0n) is 16.5. The minimum Gasteiger partial charge on any atom is -0.497 e. The van der Waals surface area contributed by atoms with Gasteiger partial charge < -0.3 is 15.0 Å². The number of aromatic amines is 1. The van der Waals surface area contributed by atoms with Crippen LogP contribution in [0.15, 0.2) is 48.5 Å². The van der Waals surface area contributed by atoms with Gasteiger partial charge in [-0.3, -0.25) is 9.89 Å². The molecule has 0 saturated carbocycles. The zero-order chi connectivity index (χ0) is 21.1. The first-order valence-corrected chi connectivity index (χ1v) is 10.1. The average molecular weight is 429 g/mol. The Morgan fingerprint density at radius 1 is 1.27 bits per heavy atom. The molecule has 1 fully saturated rings. The Morgan fingerprint density at radius 3 is 2.80 bits per heavy atom. The van der Waals surface area contributed by atoms with Gasteiger partial charge in [-0.05, 0) is 60.9 Å². The van der Waals surface area contributed by atoms with Gasteiger partial charge in [0.2, 0.25) is 0 Å². The van der Waals surface area contributed by atoms with E-state index in [2.05, 4.69) is 20.4 Å². The molecule has 0 spiro atoms. The van der Waals surface area contributed by atoms with Crippen molar-refractivity contribution >= 4 is 23.3 Å². The third-order valence-corrected chi connectivity index (χ3v) is 5.52. The number of piperidine rings is 1. The van der Waals surface area contributed by atoms with E-state index in [9.17, 15) is 9.18 Å². The van der Waals surface area contributed by atoms with Gasteiger partial charge in [-0.15, -0.1) is 0 Å². The predicted octanol–water partition coefficient (Wildman–Crippen LogP) is 4.28. The molecular formula is C22H22ClFN4O2. The van der Waals surface area contributed by atoms with Crippen molar-refractivity contribution in [2.45, 2.75) is 18.9 Å². The first-order chi connectivity index (χ1) is 14.5. The van der Waals surface area contributed by atoms with Crippen LogP contribution in [0.5, 0.6) is 5.75 Å². The van der Waals surface area contributed by atoms with Crippen LogP contribution in [0.25, 0.3) is 11.3 Å². The predicted molar refractivity (Wildman–Crippen MR) is 115 cm³/mol. The maximum atomic E-state index is 13.3. The molecule has 4 rings (SSSR count). The van der Waals surface area contributed by atoms with E-state index >= 15 is 0 Å². The molecule has 3 aromatic rings. The van der Waals surface area contributed by atoms with Crippen molar-refractivity contribution in [2.24, 2.45) is 0 Å². The number of hydrogen-bond acceptors (Lipinski definition) is 4. The first kappa shape index (κ1) is 20.2. The first-order valence-electron chi connectivity index (χ1n) is 9.74. The number of halogens is 2. The summed E-state index contributed by atoms with van der Waals surface area (Å²) in [4.78, 5) is 14.7. The maximum Gasteiger partial charge on any atom is 0.251 e. The number of nitrogens with one attached hydrogen (secondary N) is 2. The summed E-state index contributed by atoms with van der Waals surface area (Å²) in [7, 11) is 1.64. The van der Waals surface area contributed by atoms with Gasteiger partial charge in [-0.1, -0.05) is 11.6 Å². The smallest absolute Gasteiger partial charge is 0.251 e. The molecule has 1 atom stereocenters. The third-order valence-electron chi connectivity index (χ3n) is 5.23. The van der Waals surface area contributed by atoms with Gasteiger partial charge in [0.1, 0.15) is 11.6 Å². The van der Waals surface area contributed by atoms with Crippen LogP contribution in [0, 0.1) is 5.82 Å². The molecule has 30 heavy (non-hydrogen) atoms. The van der Waals surface area contributed by atoms with Gasteiger partial charge in [0, 0.05) is 30.8 Å². The maximum absolute atomic E-state index is 13.3. The van der Waals surface area contributed by atoms with Crippen LogP contribution >= 0.6 is 11.6 Å². The van der Waals surface area contributed by atoms with E-state index < -0.39 is 5.82 Å². The monoisotopic (exact) mass is 428 g/mol. The van der Waals surface area contributed by atoms with Crippen molar-refractivity contribution in [3.8, 4) is 17.0 Å². The van der Waals surface area contributed by atoms with E-state index in [1.165, 1.54) is 18.2 Å². The second-order valence-corrected chi connectivity index (χ2v) is 7.66. The number of nitrogens with zero attached hydrogens (tertiary/aromatic N) is 2. The Morgan fingerprint density at radius 2 is 2.07 bits per heavy atom. The fourth-order valence-electron chi connectivity index (χ4n) is 3.60. The summed E-state index contributed by atoms with van der Waals surface area (Å²) in [6, 6.07) is 13.7. The lowest BCUT2D eigenvalue weighted by molar-refractivity contribution is 0.0933. The quantitative estimate of drug-likeness (QED) is 0.636. The molecule has 2 aromatic carbocycles. The topological polar surface area (TPSA) is 70.2 Å². The molecule has 1 saturated heterocycles. The van der Waals surface area contributed by atoms with Gasteiger partial charge in [0.25, 0.3) is 5.91 Å². The van der Waals surface area contributed by atoms with Gasteiger partial charge in [-0.25, -0.2) is 4.39 Å². The molecule has 156 valence electrons. The van der Waals surface area contributed by atoms with Crippen LogP contribution in [0.3, 0.4) is 0 Å². The van der Waals surface area contributed by atoms with Gasteiger partial charge in [0.05, 0.1) is 17.8 Å². The Labute approximate surface area is 179 Å². The molecule has 2 N–H and O–H groups in total. The van der Waals surface area contributed by atoms with Crippen LogP contribution < -0.4 is 15.0 Å². The largest absolute Gasteiger partial charge is 0.497 e. The van der Waals surface area contributed by atoms with E-state index in [1.807, 2.05) is 30.3 Å². The molecule has 8 heteroatoms. The highest BCUT2D eigenvalue weighted by molar-refractivity contribution is 6.31. The molecule has 1 aliphatic heterocycles. The molecule has 0 bridgehead atoms. The van der Waals surface area contributed by atoms with Crippen molar-refractivity contribution < 1.29 is 13.9 Å². The normalized spacial score (nSPS) is 16.4. The Balaban J connectivity index is 1.42. The number of methoxy groups -OCH3 is 1. The van der Waals surface area contributed by atoms with E-state index in [4.69, 9.17) is 16.3 Å². The number of benzene rings is 2. The molecule has 0 aliphatic carbocycles. The van der Waals surface area contributed by atoms with Crippen molar-refractivity contribution in [2.75, 3.05) is 25.1 Å². The number of anilines is 1. The van der Waals surface area contributed by atoms with E-state index in [1.54, 1.807) is 7.11 Å². The standard InChI is InChI=1S/C22H22ClFN4O2/c1-30-17-7-4-14(5-8-17)20-12-21(27-26-20)28-10-2-3-16(13-28)25-22(29)15-6-9-19(24)18(23)11-15/h4-9,11-12,16H,2-3,10,13H2,1H3,(H,25,29)(H,26,27)/t16-/m0/s1. The van der Waals surface area contributed by atoms with Gasteiger partial charge in [-0.2, -0.15) is 5.10 Å². The van der Waals surface area contributed by atoms with Crippen LogP contribution in [-0.2, 0) is 0 Å². The second kappa shape index (κ2) is 8.75. The van der Waals surface area contributed by atoms with E-state index in [0.29, 0.717) is 12.1 Å². The van der Waals surface area contributed by atoms with E-state index in [-0.39, 0.29) is 17.0 Å². The highest BCUT2D eigenvalue weighted by Gasteiger charge is 2.24. The fourth-order valence-corrected chi connectivity index (χ4v) is 3.78. The van der Waals surface area contributed by atoms with Gasteiger partial charge >= 0.3 is 0 Å². The summed E-state index contributed by atoms with van der Waals surface area (Å²) < 4.78 is 18.5. The van der Waals surface area contributed by atoms with Crippen LogP contribution in [0.2, 0.25) is 5.02 Å². The Kier molecular flexibility index (Phi) is 5.90. The third kappa shape index (κ3) is 4.41. The van der Waals surface area contributed by atoms with Gasteiger partial charge in [0.15, 0.2) is 5.82 Å². The molecule has 1 aromatic heterocycles. The highest BCUT2D eigenvalue weighted by atomic mass is 35.5. The van der Waals surface area contributed by atoms with Crippen LogP contribution in [0.1, 0.15) is 23.2 Å². The number of hydrogen-bond donors (Lipinski definition) is 2. The fraction of sp³-hybridized carbons (Fsp3) is 0.273. The lowest BCUT2D eigenvalue weighted by atomic mass is 10.0. The lowest BCUT2D eigenvalue weighted by Crippen LogP contribution is -2.48. The van der Waals surface area contributed by atoms with Crippen LogP contribution in [-0.4, -0.2) is 42.3 Å². The SMILES string of the molecule is COc1ccc(-c2cc(N3CCC[C@H](NC(=O)c4ccc(F)c(Cl)c4)C3)n[nH]2)cc1. The molecule has 0 radical (unpaired) electrons. The number of rotatable bonds is 5. The average Bonchev–Trinajstić information content (AvgIpc) is 3.26. The number of aromatic nitrogens is 2. The summed E-state index contributed by atoms with van der Waals surface area (Å²) in [6.07, 6.45) is 1.80. The number of carbonyl (C=O) groups excluding carboxylic acids is 1. The minimum absolute atomic E-state index is 0.0313. The molecule has 0 unspecified atom stereocenters. The zero-order valence-corrected chi connectivity index (χ0v) is 17.2. The summed E-state index contributed by atoms with van der Waals surface area (Å²) in [6.45, 7) is 1.51. The Hall–Kier alpha value is -3.06. The minimum atomic E-state index is -0.539. The number of amides is 1. The summed E-state index contributed by atoms with van der Waals surface area (Å²) >= 11 is 5.79. The number of carbonyl (C=O) groups is 1. The summed E-state index contributed by atoms with van der Waals surface area (Å²) in [5, 5.41) is 10.5. The van der Waals surface area contributed by atoms with E-state index in [0.717, 1.165) is 42.2 Å². The number of ether oxygens (including phenoxy) is 1. The molecule has 6 nitrogen and oxygen atoms in total. The van der Waals surface area contributed by atoms with Crippen molar-refractivity contribution in [1.82, 2.24) is 15.5 Å². The second-order valence-electron chi connectivity index (χ2n) is 7.26. The lowest BCUT2D eigenvalue weighted by Gasteiger charge is -2.33.